The number of rotatable bonds is 5. The van der Waals surface area contributed by atoms with E-state index >= 15 is 0 Å². The first kappa shape index (κ1) is 15.1. The Morgan fingerprint density at radius 1 is 1.04 bits per heavy atom. The van der Waals surface area contributed by atoms with Gasteiger partial charge in [0.15, 0.2) is 0 Å². The van der Waals surface area contributed by atoms with Gasteiger partial charge in [0.05, 0.1) is 12.2 Å². The van der Waals surface area contributed by atoms with Crippen molar-refractivity contribution < 1.29 is 4.39 Å². The first-order chi connectivity index (χ1) is 11.3. The molecular formula is C18H17FN4. The molecule has 3 aromatic rings. The highest BCUT2D eigenvalue weighted by Crippen LogP contribution is 2.13. The van der Waals surface area contributed by atoms with Crippen molar-refractivity contribution in [2.24, 2.45) is 5.73 Å². The minimum atomic E-state index is -0.261. The SMILES string of the molecule is NCc1nnn(Cc2cccc(F)c2)c1/C=C/c1ccccc1. The minimum absolute atomic E-state index is 0.261. The Hall–Kier alpha value is -2.79. The van der Waals surface area contributed by atoms with E-state index in [1.807, 2.05) is 48.6 Å². The maximum absolute atomic E-state index is 13.3. The highest BCUT2D eigenvalue weighted by atomic mass is 19.1. The molecule has 5 heteroatoms. The molecule has 23 heavy (non-hydrogen) atoms. The van der Waals surface area contributed by atoms with E-state index in [4.69, 9.17) is 5.73 Å². The first-order valence-corrected chi connectivity index (χ1v) is 7.36. The van der Waals surface area contributed by atoms with Crippen LogP contribution in [0, 0.1) is 5.82 Å². The van der Waals surface area contributed by atoms with Crippen LogP contribution in [0.15, 0.2) is 54.6 Å². The van der Waals surface area contributed by atoms with Crippen LogP contribution in [0.1, 0.15) is 22.5 Å². The molecule has 2 aromatic carbocycles. The molecular weight excluding hydrogens is 291 g/mol. The maximum atomic E-state index is 13.3. The summed E-state index contributed by atoms with van der Waals surface area (Å²) in [6.45, 7) is 0.747. The lowest BCUT2D eigenvalue weighted by Gasteiger charge is -2.05. The van der Waals surface area contributed by atoms with E-state index in [1.165, 1.54) is 12.1 Å². The second-order valence-corrected chi connectivity index (χ2v) is 5.16. The van der Waals surface area contributed by atoms with Gasteiger partial charge >= 0.3 is 0 Å². The molecule has 3 rings (SSSR count). The number of nitrogens with zero attached hydrogens (tertiary/aromatic N) is 3. The largest absolute Gasteiger partial charge is 0.325 e. The molecule has 0 aliphatic carbocycles. The van der Waals surface area contributed by atoms with E-state index in [1.54, 1.807) is 10.7 Å². The molecule has 0 unspecified atom stereocenters. The van der Waals surface area contributed by atoms with Crippen molar-refractivity contribution >= 4 is 12.2 Å². The maximum Gasteiger partial charge on any atom is 0.123 e. The van der Waals surface area contributed by atoms with Crippen LogP contribution in [0.5, 0.6) is 0 Å². The van der Waals surface area contributed by atoms with Crippen LogP contribution >= 0.6 is 0 Å². The highest BCUT2D eigenvalue weighted by Gasteiger charge is 2.09. The number of hydrogen-bond acceptors (Lipinski definition) is 3. The van der Waals surface area contributed by atoms with Crippen LogP contribution in [-0.2, 0) is 13.1 Å². The summed E-state index contributed by atoms with van der Waals surface area (Å²) in [5.74, 6) is -0.261. The fourth-order valence-electron chi connectivity index (χ4n) is 2.35. The quantitative estimate of drug-likeness (QED) is 0.788. The van der Waals surface area contributed by atoms with Gasteiger partial charge in [-0.05, 0) is 29.3 Å². The second-order valence-electron chi connectivity index (χ2n) is 5.16. The summed E-state index contributed by atoms with van der Waals surface area (Å²) < 4.78 is 15.1. The zero-order valence-corrected chi connectivity index (χ0v) is 12.6. The van der Waals surface area contributed by atoms with Crippen molar-refractivity contribution in [2.45, 2.75) is 13.1 Å². The summed E-state index contributed by atoms with van der Waals surface area (Å²) >= 11 is 0. The van der Waals surface area contributed by atoms with Gasteiger partial charge in [-0.25, -0.2) is 9.07 Å². The molecule has 0 atom stereocenters. The van der Waals surface area contributed by atoms with Crippen molar-refractivity contribution in [3.63, 3.8) is 0 Å². The molecule has 1 aromatic heterocycles. The standard InChI is InChI=1S/C18H17FN4/c19-16-8-4-7-15(11-16)13-23-18(17(12-20)21-22-23)10-9-14-5-2-1-3-6-14/h1-11H,12-13,20H2/b10-9+. The fourth-order valence-corrected chi connectivity index (χ4v) is 2.35. The molecule has 116 valence electrons. The summed E-state index contributed by atoms with van der Waals surface area (Å²) in [7, 11) is 0. The Balaban J connectivity index is 1.90. The predicted octanol–water partition coefficient (Wildman–Crippen LogP) is 3.09. The number of nitrogens with two attached hydrogens (primary N) is 1. The minimum Gasteiger partial charge on any atom is -0.325 e. The first-order valence-electron chi connectivity index (χ1n) is 7.36. The smallest absolute Gasteiger partial charge is 0.123 e. The molecule has 0 aliphatic rings. The molecule has 0 amide bonds. The third kappa shape index (κ3) is 3.70. The van der Waals surface area contributed by atoms with E-state index in [0.717, 1.165) is 16.8 Å². The van der Waals surface area contributed by atoms with E-state index < -0.39 is 0 Å². The van der Waals surface area contributed by atoms with Crippen molar-refractivity contribution in [1.82, 2.24) is 15.0 Å². The Bertz CT molecular complexity index is 809. The van der Waals surface area contributed by atoms with Gasteiger partial charge in [-0.1, -0.05) is 53.8 Å². The van der Waals surface area contributed by atoms with Crippen molar-refractivity contribution in [3.8, 4) is 0 Å². The molecule has 0 bridgehead atoms. The zero-order valence-electron chi connectivity index (χ0n) is 12.6. The average Bonchev–Trinajstić information content (AvgIpc) is 2.95. The number of hydrogen-bond donors (Lipinski definition) is 1. The van der Waals surface area contributed by atoms with E-state index in [2.05, 4.69) is 10.3 Å². The topological polar surface area (TPSA) is 56.7 Å². The molecule has 0 spiro atoms. The molecule has 0 saturated carbocycles. The lowest BCUT2D eigenvalue weighted by Crippen LogP contribution is -2.06. The molecule has 0 aliphatic heterocycles. The van der Waals surface area contributed by atoms with Gasteiger partial charge in [0.2, 0.25) is 0 Å². The van der Waals surface area contributed by atoms with Crippen LogP contribution < -0.4 is 5.73 Å². The summed E-state index contributed by atoms with van der Waals surface area (Å²) in [5.41, 5.74) is 9.20. The van der Waals surface area contributed by atoms with Gasteiger partial charge in [-0.2, -0.15) is 0 Å². The van der Waals surface area contributed by atoms with Gasteiger partial charge in [-0.3, -0.25) is 0 Å². The lowest BCUT2D eigenvalue weighted by atomic mass is 10.2. The van der Waals surface area contributed by atoms with E-state index in [0.29, 0.717) is 18.8 Å². The summed E-state index contributed by atoms with van der Waals surface area (Å²) in [4.78, 5) is 0. The Morgan fingerprint density at radius 3 is 2.61 bits per heavy atom. The zero-order chi connectivity index (χ0) is 16.1. The van der Waals surface area contributed by atoms with E-state index in [9.17, 15) is 4.39 Å². The third-order valence-corrected chi connectivity index (χ3v) is 3.50. The predicted molar refractivity (Wildman–Crippen MR) is 88.8 cm³/mol. The normalized spacial score (nSPS) is 11.2. The molecule has 0 saturated heterocycles. The van der Waals surface area contributed by atoms with Crippen LogP contribution in [0.3, 0.4) is 0 Å². The molecule has 0 fully saturated rings. The fraction of sp³-hybridized carbons (Fsp3) is 0.111. The van der Waals surface area contributed by atoms with Crippen LogP contribution in [0.2, 0.25) is 0 Å². The highest BCUT2D eigenvalue weighted by molar-refractivity contribution is 5.68. The second kappa shape index (κ2) is 6.98. The van der Waals surface area contributed by atoms with Gasteiger partial charge < -0.3 is 5.73 Å². The van der Waals surface area contributed by atoms with Crippen molar-refractivity contribution in [3.05, 3.63) is 82.9 Å². The molecule has 2 N–H and O–H groups in total. The monoisotopic (exact) mass is 308 g/mol. The molecule has 0 radical (unpaired) electrons. The number of aromatic nitrogens is 3. The van der Waals surface area contributed by atoms with Crippen LogP contribution in [0.4, 0.5) is 4.39 Å². The molecule has 4 nitrogen and oxygen atoms in total. The van der Waals surface area contributed by atoms with Crippen molar-refractivity contribution in [2.75, 3.05) is 0 Å². The van der Waals surface area contributed by atoms with Gasteiger partial charge in [0.25, 0.3) is 0 Å². The van der Waals surface area contributed by atoms with Gasteiger partial charge in [0.1, 0.15) is 11.5 Å². The average molecular weight is 308 g/mol. The summed E-state index contributed by atoms with van der Waals surface area (Å²) in [6.07, 6.45) is 3.93. The number of benzene rings is 2. The Labute approximate surface area is 134 Å². The van der Waals surface area contributed by atoms with Crippen LogP contribution in [-0.4, -0.2) is 15.0 Å². The summed E-state index contributed by atoms with van der Waals surface area (Å²) in [5, 5.41) is 8.25. The van der Waals surface area contributed by atoms with E-state index in [-0.39, 0.29) is 5.82 Å². The van der Waals surface area contributed by atoms with Gasteiger partial charge in [-0.15, -0.1) is 5.10 Å². The van der Waals surface area contributed by atoms with Crippen molar-refractivity contribution in [1.29, 1.82) is 0 Å². The number of halogens is 1. The third-order valence-electron chi connectivity index (χ3n) is 3.50. The summed E-state index contributed by atoms with van der Waals surface area (Å²) in [6, 6.07) is 16.4. The Kier molecular flexibility index (Phi) is 4.59. The van der Waals surface area contributed by atoms with Gasteiger partial charge in [0, 0.05) is 6.54 Å². The lowest BCUT2D eigenvalue weighted by molar-refractivity contribution is 0.613. The van der Waals surface area contributed by atoms with Crippen LogP contribution in [0.25, 0.3) is 12.2 Å². The Morgan fingerprint density at radius 2 is 1.87 bits per heavy atom. The molecule has 1 heterocycles.